The number of rotatable bonds is 3. The quantitative estimate of drug-likeness (QED) is 0.696. The summed E-state index contributed by atoms with van der Waals surface area (Å²) in [5.41, 5.74) is -0.306. The van der Waals surface area contributed by atoms with E-state index in [1.807, 2.05) is 13.8 Å². The standard InChI is InChI=1S/C10H13N3/c1-4-10(2,3)13-8-9-11-6-5-7-12-9/h1,5-7,13H,8H2,2-3H3. The third-order valence-corrected chi connectivity index (χ3v) is 1.67. The summed E-state index contributed by atoms with van der Waals surface area (Å²) >= 11 is 0. The Morgan fingerprint density at radius 1 is 1.46 bits per heavy atom. The van der Waals surface area contributed by atoms with Crippen LogP contribution in [0.5, 0.6) is 0 Å². The fourth-order valence-electron chi connectivity index (χ4n) is 0.772. The Hall–Kier alpha value is -1.40. The zero-order chi connectivity index (χ0) is 9.73. The van der Waals surface area contributed by atoms with Crippen LogP contribution in [0.1, 0.15) is 19.7 Å². The smallest absolute Gasteiger partial charge is 0.141 e. The van der Waals surface area contributed by atoms with Crippen molar-refractivity contribution in [1.82, 2.24) is 15.3 Å². The first-order valence-corrected chi connectivity index (χ1v) is 4.13. The number of hydrogen-bond acceptors (Lipinski definition) is 3. The lowest BCUT2D eigenvalue weighted by atomic mass is 10.1. The van der Waals surface area contributed by atoms with Crippen LogP contribution in [0, 0.1) is 12.3 Å². The summed E-state index contributed by atoms with van der Waals surface area (Å²) < 4.78 is 0. The average molecular weight is 175 g/mol. The largest absolute Gasteiger partial charge is 0.294 e. The van der Waals surface area contributed by atoms with Gasteiger partial charge < -0.3 is 0 Å². The molecule has 0 bridgehead atoms. The Morgan fingerprint density at radius 3 is 2.62 bits per heavy atom. The second-order valence-corrected chi connectivity index (χ2v) is 3.29. The van der Waals surface area contributed by atoms with Gasteiger partial charge in [0.25, 0.3) is 0 Å². The molecule has 0 aliphatic rings. The zero-order valence-electron chi connectivity index (χ0n) is 7.91. The molecule has 1 aromatic heterocycles. The van der Waals surface area contributed by atoms with Crippen LogP contribution in [0.3, 0.4) is 0 Å². The number of hydrogen-bond donors (Lipinski definition) is 1. The predicted molar refractivity (Wildman–Crippen MR) is 51.8 cm³/mol. The molecule has 1 heterocycles. The third kappa shape index (κ3) is 3.22. The van der Waals surface area contributed by atoms with Crippen molar-refractivity contribution in [3.8, 4) is 12.3 Å². The van der Waals surface area contributed by atoms with Crippen molar-refractivity contribution in [1.29, 1.82) is 0 Å². The Labute approximate surface area is 78.6 Å². The van der Waals surface area contributed by atoms with Crippen molar-refractivity contribution in [2.45, 2.75) is 25.9 Å². The monoisotopic (exact) mass is 175 g/mol. The maximum atomic E-state index is 5.32. The highest BCUT2D eigenvalue weighted by atomic mass is 15.0. The molecule has 68 valence electrons. The molecule has 3 nitrogen and oxygen atoms in total. The van der Waals surface area contributed by atoms with Crippen LogP contribution >= 0.6 is 0 Å². The van der Waals surface area contributed by atoms with Gasteiger partial charge >= 0.3 is 0 Å². The zero-order valence-corrected chi connectivity index (χ0v) is 7.91. The first-order valence-electron chi connectivity index (χ1n) is 4.13. The molecule has 0 aliphatic carbocycles. The van der Waals surface area contributed by atoms with Crippen LogP contribution in [-0.4, -0.2) is 15.5 Å². The van der Waals surface area contributed by atoms with Crippen molar-refractivity contribution in [2.24, 2.45) is 0 Å². The van der Waals surface area contributed by atoms with Crippen LogP contribution in [0.2, 0.25) is 0 Å². The molecule has 0 fully saturated rings. The fourth-order valence-corrected chi connectivity index (χ4v) is 0.772. The Balaban J connectivity index is 2.50. The molecule has 0 radical (unpaired) electrons. The summed E-state index contributed by atoms with van der Waals surface area (Å²) in [5, 5.41) is 3.16. The fraction of sp³-hybridized carbons (Fsp3) is 0.400. The summed E-state index contributed by atoms with van der Waals surface area (Å²) in [6.45, 7) is 4.48. The highest BCUT2D eigenvalue weighted by molar-refractivity contribution is 5.07. The van der Waals surface area contributed by atoms with E-state index in [0.717, 1.165) is 5.82 Å². The maximum absolute atomic E-state index is 5.32. The summed E-state index contributed by atoms with van der Waals surface area (Å²) in [4.78, 5) is 8.15. The molecular weight excluding hydrogens is 162 g/mol. The van der Waals surface area contributed by atoms with E-state index in [0.29, 0.717) is 6.54 Å². The first-order chi connectivity index (χ1) is 6.14. The second kappa shape index (κ2) is 4.01. The third-order valence-electron chi connectivity index (χ3n) is 1.67. The topological polar surface area (TPSA) is 37.8 Å². The maximum Gasteiger partial charge on any atom is 0.141 e. The highest BCUT2D eigenvalue weighted by Crippen LogP contribution is 1.99. The average Bonchev–Trinajstić information content (AvgIpc) is 2.17. The van der Waals surface area contributed by atoms with E-state index in [-0.39, 0.29) is 5.54 Å². The molecule has 1 aromatic rings. The lowest BCUT2D eigenvalue weighted by Gasteiger charge is -2.18. The minimum absolute atomic E-state index is 0.306. The number of aromatic nitrogens is 2. The van der Waals surface area contributed by atoms with Gasteiger partial charge in [0.1, 0.15) is 5.82 Å². The van der Waals surface area contributed by atoms with Crippen molar-refractivity contribution in [2.75, 3.05) is 0 Å². The molecule has 0 aromatic carbocycles. The van der Waals surface area contributed by atoms with E-state index in [1.165, 1.54) is 0 Å². The van der Waals surface area contributed by atoms with E-state index in [2.05, 4.69) is 21.2 Å². The Bertz CT molecular complexity index is 298. The van der Waals surface area contributed by atoms with Crippen molar-refractivity contribution < 1.29 is 0 Å². The molecule has 0 aliphatic heterocycles. The molecule has 1 N–H and O–H groups in total. The van der Waals surface area contributed by atoms with Gasteiger partial charge in [-0.2, -0.15) is 0 Å². The molecule has 0 unspecified atom stereocenters. The molecule has 0 saturated carbocycles. The minimum Gasteiger partial charge on any atom is -0.294 e. The molecule has 3 heteroatoms. The van der Waals surface area contributed by atoms with Gasteiger partial charge in [-0.05, 0) is 19.9 Å². The van der Waals surface area contributed by atoms with E-state index in [1.54, 1.807) is 18.5 Å². The van der Waals surface area contributed by atoms with E-state index >= 15 is 0 Å². The number of nitrogens with one attached hydrogen (secondary N) is 1. The number of terminal acetylenes is 1. The van der Waals surface area contributed by atoms with Gasteiger partial charge in [-0.25, -0.2) is 9.97 Å². The summed E-state index contributed by atoms with van der Waals surface area (Å²) in [6.07, 6.45) is 8.75. The molecule has 13 heavy (non-hydrogen) atoms. The SMILES string of the molecule is C#CC(C)(C)NCc1ncccn1. The van der Waals surface area contributed by atoms with Crippen molar-refractivity contribution >= 4 is 0 Å². The van der Waals surface area contributed by atoms with E-state index in [9.17, 15) is 0 Å². The molecule has 0 amide bonds. The molecular formula is C10H13N3. The number of nitrogens with zero attached hydrogens (tertiary/aromatic N) is 2. The molecule has 0 atom stereocenters. The van der Waals surface area contributed by atoms with E-state index in [4.69, 9.17) is 6.42 Å². The minimum atomic E-state index is -0.306. The van der Waals surface area contributed by atoms with Gasteiger partial charge in [-0.3, -0.25) is 5.32 Å². The predicted octanol–water partition coefficient (Wildman–Crippen LogP) is 0.978. The lowest BCUT2D eigenvalue weighted by Crippen LogP contribution is -2.37. The summed E-state index contributed by atoms with van der Waals surface area (Å²) in [5.74, 6) is 3.40. The van der Waals surface area contributed by atoms with E-state index < -0.39 is 0 Å². The van der Waals surface area contributed by atoms with Crippen LogP contribution < -0.4 is 5.32 Å². The Kier molecular flexibility index (Phi) is 2.99. The highest BCUT2D eigenvalue weighted by Gasteiger charge is 2.12. The van der Waals surface area contributed by atoms with Crippen LogP contribution in [0.4, 0.5) is 0 Å². The van der Waals surface area contributed by atoms with Crippen LogP contribution in [-0.2, 0) is 6.54 Å². The molecule has 0 saturated heterocycles. The normalized spacial score (nSPS) is 10.8. The van der Waals surface area contributed by atoms with Gasteiger partial charge in [0, 0.05) is 12.4 Å². The Morgan fingerprint density at radius 2 is 2.08 bits per heavy atom. The van der Waals surface area contributed by atoms with Crippen molar-refractivity contribution in [3.05, 3.63) is 24.3 Å². The van der Waals surface area contributed by atoms with Gasteiger partial charge in [-0.15, -0.1) is 6.42 Å². The summed E-state index contributed by atoms with van der Waals surface area (Å²) in [6, 6.07) is 1.79. The van der Waals surface area contributed by atoms with Gasteiger partial charge in [0.05, 0.1) is 12.1 Å². The van der Waals surface area contributed by atoms with Crippen molar-refractivity contribution in [3.63, 3.8) is 0 Å². The second-order valence-electron chi connectivity index (χ2n) is 3.29. The van der Waals surface area contributed by atoms with Gasteiger partial charge in [-0.1, -0.05) is 5.92 Å². The van der Waals surface area contributed by atoms with Gasteiger partial charge in [0.2, 0.25) is 0 Å². The van der Waals surface area contributed by atoms with Crippen LogP contribution in [0.25, 0.3) is 0 Å². The lowest BCUT2D eigenvalue weighted by molar-refractivity contribution is 0.481. The van der Waals surface area contributed by atoms with Gasteiger partial charge in [0.15, 0.2) is 0 Å². The molecule has 1 rings (SSSR count). The molecule has 0 spiro atoms. The summed E-state index contributed by atoms with van der Waals surface area (Å²) in [7, 11) is 0. The first kappa shape index (κ1) is 9.69. The van der Waals surface area contributed by atoms with Crippen LogP contribution in [0.15, 0.2) is 18.5 Å².